The maximum atomic E-state index is 2.25. The van der Waals surface area contributed by atoms with Crippen molar-refractivity contribution in [1.29, 1.82) is 0 Å². The van der Waals surface area contributed by atoms with Crippen LogP contribution in [-0.4, -0.2) is 0 Å². The second-order valence-electron chi connectivity index (χ2n) is 3.68. The fourth-order valence-corrected chi connectivity index (χ4v) is 1.53. The highest BCUT2D eigenvalue weighted by molar-refractivity contribution is 5.30. The molecule has 0 spiro atoms. The average molecular weight is 188 g/mol. The third-order valence-electron chi connectivity index (χ3n) is 2.38. The summed E-state index contributed by atoms with van der Waals surface area (Å²) in [4.78, 5) is 0. The summed E-state index contributed by atoms with van der Waals surface area (Å²) < 4.78 is 0. The van der Waals surface area contributed by atoms with Crippen LogP contribution < -0.4 is 0 Å². The first kappa shape index (κ1) is 11.0. The Morgan fingerprint density at radius 2 is 1.64 bits per heavy atom. The van der Waals surface area contributed by atoms with E-state index in [4.69, 9.17) is 0 Å². The maximum Gasteiger partial charge on any atom is -0.0279 e. The maximum absolute atomic E-state index is 2.25. The van der Waals surface area contributed by atoms with Crippen molar-refractivity contribution in [2.24, 2.45) is 0 Å². The van der Waals surface area contributed by atoms with Crippen molar-refractivity contribution in [2.75, 3.05) is 0 Å². The van der Waals surface area contributed by atoms with Gasteiger partial charge in [-0.15, -0.1) is 0 Å². The zero-order valence-corrected chi connectivity index (χ0v) is 9.08. The van der Waals surface area contributed by atoms with E-state index >= 15 is 0 Å². The summed E-state index contributed by atoms with van der Waals surface area (Å²) in [6.07, 6.45) is 21.5. The lowest BCUT2D eigenvalue weighted by Gasteiger charge is -2.01. The molecule has 0 unspecified atom stereocenters. The van der Waals surface area contributed by atoms with Crippen LogP contribution in [0.5, 0.6) is 0 Å². The van der Waals surface area contributed by atoms with Gasteiger partial charge in [0.25, 0.3) is 0 Å². The Bertz CT molecular complexity index is 251. The SMILES string of the molecule is CCCCCCC1=C/C=C\C=C/C=C\1. The highest BCUT2D eigenvalue weighted by atomic mass is 14.0. The second kappa shape index (κ2) is 7.37. The van der Waals surface area contributed by atoms with Crippen molar-refractivity contribution in [3.8, 4) is 0 Å². The first-order valence-corrected chi connectivity index (χ1v) is 5.64. The van der Waals surface area contributed by atoms with Crippen molar-refractivity contribution >= 4 is 0 Å². The van der Waals surface area contributed by atoms with Crippen LogP contribution in [0, 0.1) is 0 Å². The molecule has 0 fully saturated rings. The predicted molar refractivity (Wildman–Crippen MR) is 64.3 cm³/mol. The van der Waals surface area contributed by atoms with Gasteiger partial charge in [-0.1, -0.05) is 68.7 Å². The van der Waals surface area contributed by atoms with Gasteiger partial charge in [0.1, 0.15) is 0 Å². The van der Waals surface area contributed by atoms with Crippen LogP contribution in [0.3, 0.4) is 0 Å². The Morgan fingerprint density at radius 3 is 2.50 bits per heavy atom. The van der Waals surface area contributed by atoms with E-state index in [1.807, 2.05) is 0 Å². The molecule has 0 heteroatoms. The Hall–Kier alpha value is -1.04. The lowest BCUT2D eigenvalue weighted by Crippen LogP contribution is -1.81. The van der Waals surface area contributed by atoms with Crippen molar-refractivity contribution in [3.63, 3.8) is 0 Å². The summed E-state index contributed by atoms with van der Waals surface area (Å²) in [5.41, 5.74) is 1.45. The summed E-state index contributed by atoms with van der Waals surface area (Å²) in [5, 5.41) is 0. The van der Waals surface area contributed by atoms with Gasteiger partial charge < -0.3 is 0 Å². The van der Waals surface area contributed by atoms with Gasteiger partial charge in [-0.2, -0.15) is 0 Å². The van der Waals surface area contributed by atoms with Gasteiger partial charge >= 0.3 is 0 Å². The average Bonchev–Trinajstić information content (AvgIpc) is 2.15. The van der Waals surface area contributed by atoms with Gasteiger partial charge in [-0.25, -0.2) is 0 Å². The molecule has 0 saturated heterocycles. The largest absolute Gasteiger partial charge is 0.0654 e. The molecule has 0 atom stereocenters. The second-order valence-corrected chi connectivity index (χ2v) is 3.68. The van der Waals surface area contributed by atoms with Crippen molar-refractivity contribution < 1.29 is 0 Å². The Balaban J connectivity index is 2.28. The zero-order chi connectivity index (χ0) is 10.1. The van der Waals surface area contributed by atoms with Crippen LogP contribution in [0.15, 0.2) is 48.1 Å². The summed E-state index contributed by atoms with van der Waals surface area (Å²) in [5.74, 6) is 0. The van der Waals surface area contributed by atoms with E-state index in [-0.39, 0.29) is 0 Å². The van der Waals surface area contributed by atoms with Gasteiger partial charge in [0, 0.05) is 0 Å². The van der Waals surface area contributed by atoms with Gasteiger partial charge in [0.15, 0.2) is 0 Å². The molecule has 0 heterocycles. The minimum atomic E-state index is 1.22. The van der Waals surface area contributed by atoms with Gasteiger partial charge in [0.05, 0.1) is 0 Å². The molecule has 0 aromatic carbocycles. The fraction of sp³-hybridized carbons (Fsp3) is 0.429. The smallest absolute Gasteiger partial charge is 0.0279 e. The van der Waals surface area contributed by atoms with Crippen molar-refractivity contribution in [3.05, 3.63) is 48.1 Å². The van der Waals surface area contributed by atoms with Crippen LogP contribution in [0.4, 0.5) is 0 Å². The Kier molecular flexibility index (Phi) is 5.81. The summed E-state index contributed by atoms with van der Waals surface area (Å²) >= 11 is 0. The highest BCUT2D eigenvalue weighted by Crippen LogP contribution is 2.12. The van der Waals surface area contributed by atoms with E-state index in [0.29, 0.717) is 0 Å². The lowest BCUT2D eigenvalue weighted by atomic mass is 10.0. The van der Waals surface area contributed by atoms with Crippen molar-refractivity contribution in [1.82, 2.24) is 0 Å². The molecule has 0 radical (unpaired) electrons. The van der Waals surface area contributed by atoms with Gasteiger partial charge in [0.2, 0.25) is 0 Å². The van der Waals surface area contributed by atoms with E-state index in [9.17, 15) is 0 Å². The van der Waals surface area contributed by atoms with Crippen LogP contribution >= 0.6 is 0 Å². The van der Waals surface area contributed by atoms with Gasteiger partial charge in [-0.05, 0) is 18.4 Å². The topological polar surface area (TPSA) is 0 Å². The minimum absolute atomic E-state index is 1.22. The van der Waals surface area contributed by atoms with E-state index < -0.39 is 0 Å². The molecule has 14 heavy (non-hydrogen) atoms. The predicted octanol–water partition coefficient (Wildman–Crippen LogP) is 4.57. The third kappa shape index (κ3) is 4.86. The normalized spacial score (nSPS) is 25.6. The van der Waals surface area contributed by atoms with Crippen LogP contribution in [0.1, 0.15) is 39.0 Å². The van der Waals surface area contributed by atoms with E-state index in [1.165, 1.54) is 37.7 Å². The molecule has 0 amide bonds. The summed E-state index contributed by atoms with van der Waals surface area (Å²) in [6.45, 7) is 2.25. The molecule has 0 aromatic heterocycles. The first-order chi connectivity index (χ1) is 6.93. The van der Waals surface area contributed by atoms with E-state index in [2.05, 4.69) is 49.5 Å². The number of allylic oxidation sites excluding steroid dienone is 8. The lowest BCUT2D eigenvalue weighted by molar-refractivity contribution is 0.668. The molecule has 0 nitrogen and oxygen atoms in total. The summed E-state index contributed by atoms with van der Waals surface area (Å²) in [7, 11) is 0. The number of unbranched alkanes of at least 4 members (excludes halogenated alkanes) is 3. The molecule has 76 valence electrons. The number of hydrogen-bond donors (Lipinski definition) is 0. The molecule has 0 saturated carbocycles. The Labute approximate surface area is 87.7 Å². The quantitative estimate of drug-likeness (QED) is 0.555. The molecular weight excluding hydrogens is 168 g/mol. The third-order valence-corrected chi connectivity index (χ3v) is 2.38. The van der Waals surface area contributed by atoms with Crippen LogP contribution in [-0.2, 0) is 0 Å². The first-order valence-electron chi connectivity index (χ1n) is 5.64. The molecule has 1 rings (SSSR count). The molecular formula is C14H20. The van der Waals surface area contributed by atoms with E-state index in [1.54, 1.807) is 0 Å². The molecule has 0 bridgehead atoms. The monoisotopic (exact) mass is 188 g/mol. The van der Waals surface area contributed by atoms with E-state index in [0.717, 1.165) is 0 Å². The minimum Gasteiger partial charge on any atom is -0.0654 e. The highest BCUT2D eigenvalue weighted by Gasteiger charge is 1.92. The molecule has 0 aromatic rings. The Morgan fingerprint density at radius 1 is 0.857 bits per heavy atom. The number of rotatable bonds is 5. The summed E-state index contributed by atoms with van der Waals surface area (Å²) in [6, 6.07) is 0. The van der Waals surface area contributed by atoms with Crippen molar-refractivity contribution in [2.45, 2.75) is 39.0 Å². The molecule has 1 aliphatic rings. The zero-order valence-electron chi connectivity index (χ0n) is 9.08. The van der Waals surface area contributed by atoms with Gasteiger partial charge in [-0.3, -0.25) is 0 Å². The molecule has 1 aliphatic carbocycles. The number of hydrogen-bond acceptors (Lipinski definition) is 0. The van der Waals surface area contributed by atoms with Crippen LogP contribution in [0.25, 0.3) is 0 Å². The molecule has 0 aliphatic heterocycles. The standard InChI is InChI=1S/C14H20/c1-2-3-4-8-11-14-12-9-6-5-7-10-13-14/h5-7,9-10,12-13H,2-4,8,11H2,1H3/b6-5-,7-5?,9-6?,10-7-,12-9-,13-10?,14-12?,14-13-. The van der Waals surface area contributed by atoms with Crippen LogP contribution in [0.2, 0.25) is 0 Å². The fourth-order valence-electron chi connectivity index (χ4n) is 1.53. The molecule has 0 N–H and O–H groups in total.